The Balaban J connectivity index is 2.09. The van der Waals surface area contributed by atoms with E-state index in [1.165, 1.54) is 0 Å². The molecule has 0 saturated heterocycles. The van der Waals surface area contributed by atoms with Crippen molar-refractivity contribution in [2.24, 2.45) is 0 Å². The SMILES string of the molecule is CC[C@@H](NC(=O)Nc1ccccc1OC)c1ccc(OC)c(C)c1. The lowest BCUT2D eigenvalue weighted by atomic mass is 10.0. The van der Waals surface area contributed by atoms with Crippen molar-refractivity contribution >= 4 is 11.7 Å². The van der Waals surface area contributed by atoms with Gasteiger partial charge in [-0.15, -0.1) is 0 Å². The van der Waals surface area contributed by atoms with Crippen LogP contribution in [0.5, 0.6) is 11.5 Å². The molecule has 0 radical (unpaired) electrons. The maximum absolute atomic E-state index is 12.3. The second kappa shape index (κ2) is 8.24. The third kappa shape index (κ3) is 4.19. The number of anilines is 1. The highest BCUT2D eigenvalue weighted by atomic mass is 16.5. The first kappa shape index (κ1) is 17.7. The van der Waals surface area contributed by atoms with Gasteiger partial charge in [-0.1, -0.05) is 31.2 Å². The summed E-state index contributed by atoms with van der Waals surface area (Å²) in [5.41, 5.74) is 2.73. The molecule has 24 heavy (non-hydrogen) atoms. The maximum atomic E-state index is 12.3. The summed E-state index contributed by atoms with van der Waals surface area (Å²) in [4.78, 5) is 12.3. The lowest BCUT2D eigenvalue weighted by Gasteiger charge is -2.19. The van der Waals surface area contributed by atoms with Gasteiger partial charge in [0.15, 0.2) is 0 Å². The molecule has 128 valence electrons. The molecule has 2 rings (SSSR count). The minimum Gasteiger partial charge on any atom is -0.496 e. The molecule has 2 amide bonds. The van der Waals surface area contributed by atoms with Crippen molar-refractivity contribution in [3.63, 3.8) is 0 Å². The Morgan fingerprint density at radius 3 is 2.42 bits per heavy atom. The molecule has 0 fully saturated rings. The van der Waals surface area contributed by atoms with Crippen LogP contribution in [-0.4, -0.2) is 20.3 Å². The maximum Gasteiger partial charge on any atom is 0.319 e. The molecule has 5 heteroatoms. The van der Waals surface area contributed by atoms with Gasteiger partial charge in [0.1, 0.15) is 11.5 Å². The van der Waals surface area contributed by atoms with Crippen molar-refractivity contribution < 1.29 is 14.3 Å². The van der Waals surface area contributed by atoms with E-state index in [0.717, 1.165) is 23.3 Å². The zero-order chi connectivity index (χ0) is 17.5. The van der Waals surface area contributed by atoms with E-state index in [1.807, 2.05) is 44.2 Å². The predicted octanol–water partition coefficient (Wildman–Crippen LogP) is 4.29. The van der Waals surface area contributed by atoms with E-state index in [1.54, 1.807) is 26.4 Å². The number of nitrogens with one attached hydrogen (secondary N) is 2. The van der Waals surface area contributed by atoms with Crippen LogP contribution < -0.4 is 20.1 Å². The van der Waals surface area contributed by atoms with E-state index in [0.29, 0.717) is 11.4 Å². The number of aryl methyl sites for hydroxylation is 1. The van der Waals surface area contributed by atoms with Crippen molar-refractivity contribution in [1.29, 1.82) is 0 Å². The molecule has 2 aromatic rings. The minimum absolute atomic E-state index is 0.0793. The average molecular weight is 328 g/mol. The summed E-state index contributed by atoms with van der Waals surface area (Å²) >= 11 is 0. The van der Waals surface area contributed by atoms with E-state index < -0.39 is 0 Å². The Labute approximate surface area is 143 Å². The van der Waals surface area contributed by atoms with E-state index in [9.17, 15) is 4.79 Å². The lowest BCUT2D eigenvalue weighted by molar-refractivity contribution is 0.248. The smallest absolute Gasteiger partial charge is 0.319 e. The van der Waals surface area contributed by atoms with E-state index >= 15 is 0 Å². The first-order valence-corrected chi connectivity index (χ1v) is 7.94. The zero-order valence-corrected chi connectivity index (χ0v) is 14.6. The number of rotatable bonds is 6. The summed E-state index contributed by atoms with van der Waals surface area (Å²) in [6.07, 6.45) is 0.783. The fourth-order valence-corrected chi connectivity index (χ4v) is 2.60. The molecule has 1 atom stereocenters. The quantitative estimate of drug-likeness (QED) is 0.832. The number of benzene rings is 2. The predicted molar refractivity (Wildman–Crippen MR) is 95.9 cm³/mol. The minimum atomic E-state index is -0.264. The number of carbonyl (C=O) groups is 1. The number of amides is 2. The molecule has 0 saturated carbocycles. The van der Waals surface area contributed by atoms with Gasteiger partial charge in [-0.2, -0.15) is 0 Å². The van der Waals surface area contributed by atoms with Crippen molar-refractivity contribution in [3.05, 3.63) is 53.6 Å². The standard InChI is InChI=1S/C19H24N2O3/c1-5-15(14-10-11-17(23-3)13(2)12-14)20-19(22)21-16-8-6-7-9-18(16)24-4/h6-12,15H,5H2,1-4H3,(H2,20,21,22)/t15-/m1/s1. The molecule has 2 aromatic carbocycles. The summed E-state index contributed by atoms with van der Waals surface area (Å²) in [5.74, 6) is 1.47. The first-order chi connectivity index (χ1) is 11.6. The highest BCUT2D eigenvalue weighted by Gasteiger charge is 2.15. The largest absolute Gasteiger partial charge is 0.496 e. The summed E-state index contributed by atoms with van der Waals surface area (Å²) < 4.78 is 10.5. The van der Waals surface area contributed by atoms with Crippen LogP contribution >= 0.6 is 0 Å². The van der Waals surface area contributed by atoms with Crippen LogP contribution in [0, 0.1) is 6.92 Å². The van der Waals surface area contributed by atoms with Crippen molar-refractivity contribution in [2.75, 3.05) is 19.5 Å². The van der Waals surface area contributed by atoms with Gasteiger partial charge in [-0.25, -0.2) is 4.79 Å². The summed E-state index contributed by atoms with van der Waals surface area (Å²) in [7, 11) is 3.23. The highest BCUT2D eigenvalue weighted by molar-refractivity contribution is 5.91. The Bertz CT molecular complexity index is 701. The summed E-state index contributed by atoms with van der Waals surface area (Å²) in [6.45, 7) is 4.03. The molecule has 5 nitrogen and oxygen atoms in total. The molecule has 0 aliphatic heterocycles. The second-order valence-electron chi connectivity index (χ2n) is 5.49. The van der Waals surface area contributed by atoms with Crippen LogP contribution in [-0.2, 0) is 0 Å². The third-order valence-electron chi connectivity index (χ3n) is 3.89. The van der Waals surface area contributed by atoms with Gasteiger partial charge in [-0.3, -0.25) is 0 Å². The molecule has 0 aliphatic carbocycles. The van der Waals surface area contributed by atoms with Crippen LogP contribution in [0.4, 0.5) is 10.5 Å². The monoisotopic (exact) mass is 328 g/mol. The van der Waals surface area contributed by atoms with Crippen molar-refractivity contribution in [1.82, 2.24) is 5.32 Å². The van der Waals surface area contributed by atoms with E-state index in [4.69, 9.17) is 9.47 Å². The second-order valence-corrected chi connectivity index (χ2v) is 5.49. The third-order valence-corrected chi connectivity index (χ3v) is 3.89. The Morgan fingerprint density at radius 1 is 1.08 bits per heavy atom. The Morgan fingerprint density at radius 2 is 1.79 bits per heavy atom. The molecule has 0 aromatic heterocycles. The number of ether oxygens (including phenoxy) is 2. The fourth-order valence-electron chi connectivity index (χ4n) is 2.60. The number of carbonyl (C=O) groups excluding carboxylic acids is 1. The topological polar surface area (TPSA) is 59.6 Å². The van der Waals surface area contributed by atoms with Gasteiger partial charge in [0.25, 0.3) is 0 Å². The lowest BCUT2D eigenvalue weighted by Crippen LogP contribution is -2.32. The molecule has 0 aliphatic rings. The van der Waals surface area contributed by atoms with Crippen LogP contribution in [0.25, 0.3) is 0 Å². The van der Waals surface area contributed by atoms with Crippen molar-refractivity contribution in [2.45, 2.75) is 26.3 Å². The van der Waals surface area contributed by atoms with Gasteiger partial charge >= 0.3 is 6.03 Å². The van der Waals surface area contributed by atoms with Crippen molar-refractivity contribution in [3.8, 4) is 11.5 Å². The number of methoxy groups -OCH3 is 2. The number of para-hydroxylation sites is 2. The zero-order valence-electron chi connectivity index (χ0n) is 14.6. The Kier molecular flexibility index (Phi) is 6.07. The number of hydrogen-bond donors (Lipinski definition) is 2. The van der Waals surface area contributed by atoms with Crippen LogP contribution in [0.15, 0.2) is 42.5 Å². The molecule has 0 spiro atoms. The van der Waals surface area contributed by atoms with Crippen LogP contribution in [0.1, 0.15) is 30.5 Å². The number of urea groups is 1. The van der Waals surface area contributed by atoms with Crippen LogP contribution in [0.2, 0.25) is 0 Å². The van der Waals surface area contributed by atoms with E-state index in [2.05, 4.69) is 10.6 Å². The van der Waals surface area contributed by atoms with Gasteiger partial charge in [0.2, 0.25) is 0 Å². The molecular weight excluding hydrogens is 304 g/mol. The summed E-state index contributed by atoms with van der Waals surface area (Å²) in [5, 5.41) is 5.83. The first-order valence-electron chi connectivity index (χ1n) is 7.94. The number of hydrogen-bond acceptors (Lipinski definition) is 3. The highest BCUT2D eigenvalue weighted by Crippen LogP contribution is 2.25. The Hall–Kier alpha value is -2.69. The normalized spacial score (nSPS) is 11.5. The molecular formula is C19H24N2O3. The molecule has 0 heterocycles. The molecule has 2 N–H and O–H groups in total. The fraction of sp³-hybridized carbons (Fsp3) is 0.316. The van der Waals surface area contributed by atoms with Gasteiger partial charge in [0, 0.05) is 0 Å². The van der Waals surface area contributed by atoms with Gasteiger partial charge in [-0.05, 0) is 42.7 Å². The van der Waals surface area contributed by atoms with Gasteiger partial charge in [0.05, 0.1) is 25.9 Å². The van der Waals surface area contributed by atoms with E-state index in [-0.39, 0.29) is 12.1 Å². The summed E-state index contributed by atoms with van der Waals surface area (Å²) in [6, 6.07) is 12.9. The van der Waals surface area contributed by atoms with Crippen LogP contribution in [0.3, 0.4) is 0 Å². The molecule has 0 bridgehead atoms. The van der Waals surface area contributed by atoms with Gasteiger partial charge < -0.3 is 20.1 Å². The molecule has 0 unspecified atom stereocenters. The average Bonchev–Trinajstić information content (AvgIpc) is 2.60.